The summed E-state index contributed by atoms with van der Waals surface area (Å²) in [6.45, 7) is 4.57. The predicted octanol–water partition coefficient (Wildman–Crippen LogP) is 5.56. The molecule has 0 radical (unpaired) electrons. The van der Waals surface area contributed by atoms with Gasteiger partial charge in [-0.25, -0.2) is 4.98 Å². The lowest BCUT2D eigenvalue weighted by molar-refractivity contribution is 0.298. The van der Waals surface area contributed by atoms with E-state index in [-0.39, 0.29) is 12.2 Å². The van der Waals surface area contributed by atoms with Crippen molar-refractivity contribution in [2.24, 2.45) is 5.10 Å². The number of benzene rings is 2. The van der Waals surface area contributed by atoms with Gasteiger partial charge in [-0.3, -0.25) is 4.79 Å². The molecule has 3 rings (SSSR count). The number of ether oxygens (including phenoxy) is 2. The first-order chi connectivity index (χ1) is 15.5. The third-order valence-corrected chi connectivity index (χ3v) is 5.67. The van der Waals surface area contributed by atoms with Crippen LogP contribution in [0.15, 0.2) is 49.2 Å². The fourth-order valence-electron chi connectivity index (χ4n) is 3.11. The van der Waals surface area contributed by atoms with E-state index in [4.69, 9.17) is 20.9 Å². The minimum Gasteiger partial charge on any atom is -0.490 e. The molecule has 0 aliphatic carbocycles. The van der Waals surface area contributed by atoms with E-state index in [2.05, 4.69) is 49.8 Å². The first kappa shape index (κ1) is 24.0. The minimum atomic E-state index is -0.211. The average Bonchev–Trinajstić information content (AvgIpc) is 2.77. The van der Waals surface area contributed by atoms with Crippen LogP contribution in [0.4, 0.5) is 0 Å². The minimum absolute atomic E-state index is 0.126. The molecule has 1 heterocycles. The van der Waals surface area contributed by atoms with Crippen LogP contribution in [-0.2, 0) is 6.42 Å². The van der Waals surface area contributed by atoms with Crippen LogP contribution in [-0.4, -0.2) is 29.1 Å². The van der Waals surface area contributed by atoms with E-state index < -0.39 is 0 Å². The monoisotopic (exact) mass is 559 g/mol. The third kappa shape index (κ3) is 5.59. The van der Waals surface area contributed by atoms with Crippen molar-refractivity contribution in [2.75, 3.05) is 13.2 Å². The van der Waals surface area contributed by atoms with Crippen LogP contribution in [0, 0.1) is 12.3 Å². The van der Waals surface area contributed by atoms with Crippen LogP contribution < -0.4 is 15.0 Å². The molecule has 0 N–H and O–H groups in total. The molecule has 0 unspecified atom stereocenters. The van der Waals surface area contributed by atoms with Crippen LogP contribution in [0.25, 0.3) is 10.9 Å². The summed E-state index contributed by atoms with van der Waals surface area (Å²) in [5.41, 5.74) is 1.18. The number of unbranched alkanes of at least 4 members (excludes halogenated alkanes) is 1. The number of aromatic nitrogens is 2. The van der Waals surface area contributed by atoms with Gasteiger partial charge in [0.15, 0.2) is 11.5 Å². The Morgan fingerprint density at radius 1 is 1.22 bits per heavy atom. The maximum Gasteiger partial charge on any atom is 0.282 e. The van der Waals surface area contributed by atoms with E-state index in [1.54, 1.807) is 18.3 Å². The molecule has 2 aromatic carbocycles. The molecule has 166 valence electrons. The summed E-state index contributed by atoms with van der Waals surface area (Å²) in [7, 11) is 0. The summed E-state index contributed by atoms with van der Waals surface area (Å²) >= 11 is 6.93. The SMILES string of the molecule is C#CCOc1c(Br)cc(C=Nn2c(CCCC)nc3ccc(Br)cc3c2=O)cc1OCC. The van der Waals surface area contributed by atoms with E-state index in [0.717, 1.165) is 22.9 Å². The van der Waals surface area contributed by atoms with E-state index in [0.29, 0.717) is 45.7 Å². The molecule has 0 bridgehead atoms. The summed E-state index contributed by atoms with van der Waals surface area (Å²) in [6, 6.07) is 9.11. The normalized spacial score (nSPS) is 11.1. The molecule has 8 heteroatoms. The summed E-state index contributed by atoms with van der Waals surface area (Å²) in [5.74, 6) is 4.14. The largest absolute Gasteiger partial charge is 0.490 e. The molecule has 6 nitrogen and oxygen atoms in total. The number of hydrogen-bond donors (Lipinski definition) is 0. The highest BCUT2D eigenvalue weighted by molar-refractivity contribution is 9.10. The molecule has 0 spiro atoms. The Hall–Kier alpha value is -2.63. The fraction of sp³-hybridized carbons (Fsp3) is 0.292. The predicted molar refractivity (Wildman–Crippen MR) is 135 cm³/mol. The zero-order valence-electron chi connectivity index (χ0n) is 17.9. The summed E-state index contributed by atoms with van der Waals surface area (Å²) in [6.07, 6.45) is 9.47. The van der Waals surface area contributed by atoms with E-state index in [9.17, 15) is 4.79 Å². The molecule has 32 heavy (non-hydrogen) atoms. The van der Waals surface area contributed by atoms with Gasteiger partial charge >= 0.3 is 0 Å². The number of terminal acetylenes is 1. The molecule has 0 aliphatic rings. The summed E-state index contributed by atoms with van der Waals surface area (Å²) < 4.78 is 14.2. The van der Waals surface area contributed by atoms with Gasteiger partial charge in [0.2, 0.25) is 0 Å². The maximum atomic E-state index is 13.2. The van der Waals surface area contributed by atoms with Crippen molar-refractivity contribution in [3.63, 3.8) is 0 Å². The lowest BCUT2D eigenvalue weighted by Gasteiger charge is -2.13. The molecule has 0 saturated heterocycles. The van der Waals surface area contributed by atoms with E-state index >= 15 is 0 Å². The first-order valence-corrected chi connectivity index (χ1v) is 11.8. The van der Waals surface area contributed by atoms with Gasteiger partial charge in [-0.2, -0.15) is 9.78 Å². The second-order valence-electron chi connectivity index (χ2n) is 6.91. The maximum absolute atomic E-state index is 13.2. The van der Waals surface area contributed by atoms with Crippen LogP contribution in [0.5, 0.6) is 11.5 Å². The molecular formula is C24H23Br2N3O3. The van der Waals surface area contributed by atoms with Gasteiger partial charge in [-0.15, -0.1) is 6.42 Å². The topological polar surface area (TPSA) is 65.7 Å². The molecule has 3 aromatic rings. The number of nitrogens with zero attached hydrogens (tertiary/aromatic N) is 3. The Balaban J connectivity index is 2.08. The van der Waals surface area contributed by atoms with Gasteiger partial charge in [0.05, 0.1) is 28.2 Å². The van der Waals surface area contributed by atoms with Crippen LogP contribution in [0.3, 0.4) is 0 Å². The van der Waals surface area contributed by atoms with Crippen molar-refractivity contribution < 1.29 is 9.47 Å². The number of halogens is 2. The third-order valence-electron chi connectivity index (χ3n) is 4.58. The Morgan fingerprint density at radius 2 is 2.03 bits per heavy atom. The molecule has 0 atom stereocenters. The Bertz CT molecular complexity index is 1250. The van der Waals surface area contributed by atoms with Gasteiger partial charge in [-0.05, 0) is 65.2 Å². The zero-order valence-corrected chi connectivity index (χ0v) is 21.1. The molecule has 0 saturated carbocycles. The van der Waals surface area contributed by atoms with Crippen LogP contribution >= 0.6 is 31.9 Å². The standard InChI is InChI=1S/C24H23Br2N3O3/c1-4-7-8-22-28-20-10-9-17(25)14-18(20)24(30)29(22)27-15-16-12-19(26)23(32-11-5-2)21(13-16)31-6-3/h2,9-10,12-15H,4,6-8,11H2,1,3H3. The highest BCUT2D eigenvalue weighted by Crippen LogP contribution is 2.36. The lowest BCUT2D eigenvalue weighted by atomic mass is 10.2. The zero-order chi connectivity index (χ0) is 23.1. The van der Waals surface area contributed by atoms with Crippen molar-refractivity contribution in [1.29, 1.82) is 0 Å². The lowest BCUT2D eigenvalue weighted by Crippen LogP contribution is -2.22. The Labute approximate surface area is 203 Å². The Kier molecular flexibility index (Phi) is 8.48. The van der Waals surface area contributed by atoms with E-state index in [1.807, 2.05) is 25.1 Å². The van der Waals surface area contributed by atoms with Crippen molar-refractivity contribution in [3.8, 4) is 23.8 Å². The summed E-state index contributed by atoms with van der Waals surface area (Å²) in [5, 5.41) is 5.00. The van der Waals surface area contributed by atoms with Gasteiger partial charge in [-0.1, -0.05) is 35.2 Å². The van der Waals surface area contributed by atoms with Gasteiger partial charge in [0.25, 0.3) is 5.56 Å². The van der Waals surface area contributed by atoms with Crippen molar-refractivity contribution in [2.45, 2.75) is 33.1 Å². The number of aryl methyl sites for hydroxylation is 1. The molecule has 0 amide bonds. The van der Waals surface area contributed by atoms with Gasteiger partial charge in [0, 0.05) is 10.9 Å². The van der Waals surface area contributed by atoms with Crippen molar-refractivity contribution in [3.05, 3.63) is 61.0 Å². The average molecular weight is 561 g/mol. The molecule has 0 aliphatic heterocycles. The molecule has 1 aromatic heterocycles. The summed E-state index contributed by atoms with van der Waals surface area (Å²) in [4.78, 5) is 17.9. The number of rotatable bonds is 9. The second-order valence-corrected chi connectivity index (χ2v) is 8.68. The molecule has 0 fully saturated rings. The van der Waals surface area contributed by atoms with Crippen molar-refractivity contribution in [1.82, 2.24) is 9.66 Å². The highest BCUT2D eigenvalue weighted by atomic mass is 79.9. The fourth-order valence-corrected chi connectivity index (χ4v) is 4.05. The van der Waals surface area contributed by atoms with E-state index in [1.165, 1.54) is 4.68 Å². The number of fused-ring (bicyclic) bond motifs is 1. The first-order valence-electron chi connectivity index (χ1n) is 10.3. The van der Waals surface area contributed by atoms with Gasteiger partial charge in [0.1, 0.15) is 12.4 Å². The van der Waals surface area contributed by atoms with Crippen molar-refractivity contribution >= 4 is 49.0 Å². The van der Waals surface area contributed by atoms with Gasteiger partial charge < -0.3 is 9.47 Å². The van der Waals surface area contributed by atoms with Crippen LogP contribution in [0.1, 0.15) is 38.1 Å². The molecular weight excluding hydrogens is 538 g/mol. The smallest absolute Gasteiger partial charge is 0.282 e. The Morgan fingerprint density at radius 3 is 2.75 bits per heavy atom. The highest BCUT2D eigenvalue weighted by Gasteiger charge is 2.13. The number of hydrogen-bond acceptors (Lipinski definition) is 5. The second kappa shape index (κ2) is 11.3. The van der Waals surface area contributed by atoms with Crippen LogP contribution in [0.2, 0.25) is 0 Å². The quantitative estimate of drug-likeness (QED) is 0.254.